The number of halogens is 1. The second kappa shape index (κ2) is 5.30. The van der Waals surface area contributed by atoms with Crippen LogP contribution in [0.4, 0.5) is 5.69 Å². The van der Waals surface area contributed by atoms with Crippen LogP contribution in [0.2, 0.25) is 0 Å². The van der Waals surface area contributed by atoms with E-state index in [1.54, 1.807) is 0 Å². The molecule has 4 heteroatoms. The number of nitriles is 1. The summed E-state index contributed by atoms with van der Waals surface area (Å²) in [6.45, 7) is 3.38. The maximum Gasteiger partial charge on any atom is 0.221 e. The number of carbonyl (C=O) groups is 1. The van der Waals surface area contributed by atoms with Crippen LogP contribution in [0, 0.1) is 11.3 Å². The Kier molecular flexibility index (Phi) is 4.30. The summed E-state index contributed by atoms with van der Waals surface area (Å²) in [4.78, 5) is 10.8. The first-order chi connectivity index (χ1) is 7.51. The molecule has 0 radical (unpaired) electrons. The lowest BCUT2D eigenvalue weighted by molar-refractivity contribution is -0.114. The molecule has 0 bridgehead atoms. The number of rotatable bonds is 3. The summed E-state index contributed by atoms with van der Waals surface area (Å²) in [6.07, 6.45) is 0. The molecule has 0 aromatic heterocycles. The second-order valence-electron chi connectivity index (χ2n) is 3.84. The Morgan fingerprint density at radius 3 is 2.44 bits per heavy atom. The SMILES string of the molecule is CC(=O)Nc1ccc(C(C)(C#N)CI)cc1. The molecule has 0 saturated carbocycles. The van der Waals surface area contributed by atoms with Gasteiger partial charge in [0.05, 0.1) is 11.5 Å². The summed E-state index contributed by atoms with van der Waals surface area (Å²) >= 11 is 2.21. The van der Waals surface area contributed by atoms with Gasteiger partial charge in [-0.1, -0.05) is 34.7 Å². The molecule has 16 heavy (non-hydrogen) atoms. The molecule has 1 aromatic rings. The number of alkyl halides is 1. The molecule has 0 aliphatic carbocycles. The summed E-state index contributed by atoms with van der Waals surface area (Å²) in [5.41, 5.74) is 1.26. The van der Waals surface area contributed by atoms with E-state index in [2.05, 4.69) is 34.0 Å². The summed E-state index contributed by atoms with van der Waals surface area (Å²) < 4.78 is 0.737. The monoisotopic (exact) mass is 328 g/mol. The molecule has 0 spiro atoms. The molecule has 0 fully saturated rings. The summed E-state index contributed by atoms with van der Waals surface area (Å²) in [5, 5.41) is 11.8. The Morgan fingerprint density at radius 1 is 1.50 bits per heavy atom. The predicted octanol–water partition coefficient (Wildman–Crippen LogP) is 2.86. The summed E-state index contributed by atoms with van der Waals surface area (Å²) in [7, 11) is 0. The number of nitrogens with one attached hydrogen (secondary N) is 1. The van der Waals surface area contributed by atoms with Gasteiger partial charge in [-0.05, 0) is 24.6 Å². The Balaban J connectivity index is 2.95. The van der Waals surface area contributed by atoms with E-state index in [1.807, 2.05) is 31.2 Å². The van der Waals surface area contributed by atoms with E-state index in [4.69, 9.17) is 5.26 Å². The van der Waals surface area contributed by atoms with Crippen LogP contribution in [0.25, 0.3) is 0 Å². The Bertz CT molecular complexity index is 422. The minimum atomic E-state index is -0.463. The van der Waals surface area contributed by atoms with Crippen molar-refractivity contribution in [3.05, 3.63) is 29.8 Å². The van der Waals surface area contributed by atoms with E-state index in [-0.39, 0.29) is 5.91 Å². The van der Waals surface area contributed by atoms with Crippen molar-refractivity contribution in [2.75, 3.05) is 9.74 Å². The molecule has 1 atom stereocenters. The zero-order valence-electron chi connectivity index (χ0n) is 9.25. The highest BCUT2D eigenvalue weighted by molar-refractivity contribution is 14.1. The van der Waals surface area contributed by atoms with Gasteiger partial charge in [-0.25, -0.2) is 0 Å². The topological polar surface area (TPSA) is 52.9 Å². The van der Waals surface area contributed by atoms with Crippen LogP contribution >= 0.6 is 22.6 Å². The first-order valence-electron chi connectivity index (χ1n) is 4.87. The lowest BCUT2D eigenvalue weighted by atomic mass is 9.86. The standard InChI is InChI=1S/C12H13IN2O/c1-9(16)15-11-5-3-10(4-6-11)12(2,7-13)8-14/h3-6H,7H2,1-2H3,(H,15,16). The maximum absolute atomic E-state index is 10.8. The van der Waals surface area contributed by atoms with Crippen molar-refractivity contribution in [2.24, 2.45) is 0 Å². The minimum Gasteiger partial charge on any atom is -0.326 e. The fourth-order valence-corrected chi connectivity index (χ4v) is 1.91. The van der Waals surface area contributed by atoms with Crippen molar-refractivity contribution in [3.63, 3.8) is 0 Å². The van der Waals surface area contributed by atoms with Gasteiger partial charge in [-0.2, -0.15) is 5.26 Å². The van der Waals surface area contributed by atoms with Crippen molar-refractivity contribution < 1.29 is 4.79 Å². The van der Waals surface area contributed by atoms with Crippen molar-refractivity contribution in [1.29, 1.82) is 5.26 Å². The van der Waals surface area contributed by atoms with Gasteiger partial charge in [0, 0.05) is 17.0 Å². The lowest BCUT2D eigenvalue weighted by Gasteiger charge is -2.19. The number of nitrogens with zero attached hydrogens (tertiary/aromatic N) is 1. The molecular weight excluding hydrogens is 315 g/mol. The van der Waals surface area contributed by atoms with Crippen molar-refractivity contribution >= 4 is 34.2 Å². The molecule has 0 saturated heterocycles. The van der Waals surface area contributed by atoms with Crippen LogP contribution < -0.4 is 5.32 Å². The fraction of sp³-hybridized carbons (Fsp3) is 0.333. The van der Waals surface area contributed by atoms with Crippen molar-refractivity contribution in [3.8, 4) is 6.07 Å². The Hall–Kier alpha value is -1.09. The highest BCUT2D eigenvalue weighted by Gasteiger charge is 2.24. The molecule has 1 unspecified atom stereocenters. The van der Waals surface area contributed by atoms with E-state index in [0.717, 1.165) is 15.7 Å². The van der Waals surface area contributed by atoms with E-state index in [1.165, 1.54) is 6.92 Å². The van der Waals surface area contributed by atoms with Crippen molar-refractivity contribution in [1.82, 2.24) is 0 Å². The number of benzene rings is 1. The van der Waals surface area contributed by atoms with Gasteiger partial charge in [0.1, 0.15) is 0 Å². The van der Waals surface area contributed by atoms with E-state index < -0.39 is 5.41 Å². The fourth-order valence-electron chi connectivity index (χ4n) is 1.30. The average molecular weight is 328 g/mol. The molecule has 1 aromatic carbocycles. The minimum absolute atomic E-state index is 0.0929. The quantitative estimate of drug-likeness (QED) is 0.685. The predicted molar refractivity (Wildman–Crippen MR) is 72.6 cm³/mol. The van der Waals surface area contributed by atoms with Gasteiger partial charge in [-0.3, -0.25) is 4.79 Å². The Morgan fingerprint density at radius 2 is 2.06 bits per heavy atom. The highest BCUT2D eigenvalue weighted by Crippen LogP contribution is 2.26. The number of carbonyl (C=O) groups excluding carboxylic acids is 1. The third-order valence-corrected chi connectivity index (χ3v) is 3.88. The molecule has 84 valence electrons. The molecule has 1 N–H and O–H groups in total. The first-order valence-corrected chi connectivity index (χ1v) is 6.40. The molecular formula is C12H13IN2O. The van der Waals surface area contributed by atoms with Crippen molar-refractivity contribution in [2.45, 2.75) is 19.3 Å². The molecule has 1 amide bonds. The number of hydrogen-bond donors (Lipinski definition) is 1. The molecule has 0 heterocycles. The van der Waals surface area contributed by atoms with E-state index in [9.17, 15) is 4.79 Å². The molecule has 0 aliphatic rings. The largest absolute Gasteiger partial charge is 0.326 e. The molecule has 0 aliphatic heterocycles. The third kappa shape index (κ3) is 2.95. The van der Waals surface area contributed by atoms with Gasteiger partial charge < -0.3 is 5.32 Å². The Labute approximate surface area is 109 Å². The van der Waals surface area contributed by atoms with E-state index >= 15 is 0 Å². The van der Waals surface area contributed by atoms with Gasteiger partial charge in [0.15, 0.2) is 0 Å². The van der Waals surface area contributed by atoms with Crippen LogP contribution in [0.3, 0.4) is 0 Å². The zero-order valence-corrected chi connectivity index (χ0v) is 11.4. The van der Waals surface area contributed by atoms with Gasteiger partial charge >= 0.3 is 0 Å². The summed E-state index contributed by atoms with van der Waals surface area (Å²) in [5.74, 6) is -0.0929. The highest BCUT2D eigenvalue weighted by atomic mass is 127. The normalized spacial score (nSPS) is 13.6. The lowest BCUT2D eigenvalue weighted by Crippen LogP contribution is -2.21. The van der Waals surface area contributed by atoms with E-state index in [0.29, 0.717) is 0 Å². The third-order valence-electron chi connectivity index (χ3n) is 2.36. The zero-order chi connectivity index (χ0) is 12.2. The van der Waals surface area contributed by atoms with Gasteiger partial charge in [-0.15, -0.1) is 0 Å². The number of amides is 1. The van der Waals surface area contributed by atoms with Crippen LogP contribution in [0.1, 0.15) is 19.4 Å². The van der Waals surface area contributed by atoms with Crippen LogP contribution in [-0.2, 0) is 10.2 Å². The van der Waals surface area contributed by atoms with Gasteiger partial charge in [0.2, 0.25) is 5.91 Å². The smallest absolute Gasteiger partial charge is 0.221 e. The maximum atomic E-state index is 10.8. The molecule has 1 rings (SSSR count). The summed E-state index contributed by atoms with van der Waals surface area (Å²) in [6, 6.07) is 9.71. The van der Waals surface area contributed by atoms with Crippen LogP contribution in [0.15, 0.2) is 24.3 Å². The van der Waals surface area contributed by atoms with Crippen LogP contribution in [0.5, 0.6) is 0 Å². The van der Waals surface area contributed by atoms with Gasteiger partial charge in [0.25, 0.3) is 0 Å². The number of anilines is 1. The van der Waals surface area contributed by atoms with Crippen LogP contribution in [-0.4, -0.2) is 10.3 Å². The second-order valence-corrected chi connectivity index (χ2v) is 4.60. The number of hydrogen-bond acceptors (Lipinski definition) is 2. The average Bonchev–Trinajstić information content (AvgIpc) is 2.28. The first kappa shape index (κ1) is 13.0. The molecule has 3 nitrogen and oxygen atoms in total.